The maximum Gasteiger partial charge on any atom is 0.416 e. The van der Waals surface area contributed by atoms with Gasteiger partial charge in [0.2, 0.25) is 11.8 Å². The van der Waals surface area contributed by atoms with E-state index in [1.54, 1.807) is 22.6 Å². The molecule has 1 aliphatic heterocycles. The molecule has 11 heteroatoms. The van der Waals surface area contributed by atoms with Gasteiger partial charge in [-0.2, -0.15) is 26.3 Å². The molecule has 1 fully saturated rings. The van der Waals surface area contributed by atoms with Gasteiger partial charge in [-0.15, -0.1) is 0 Å². The number of benzene rings is 1. The van der Waals surface area contributed by atoms with E-state index < -0.39 is 55.2 Å². The third-order valence-corrected chi connectivity index (χ3v) is 4.45. The second-order valence-corrected chi connectivity index (χ2v) is 6.63. The first kappa shape index (κ1) is 19.8. The molecular weight excluding hydrogens is 469 g/mol. The van der Waals surface area contributed by atoms with E-state index >= 15 is 0 Å². The van der Waals surface area contributed by atoms with Crippen LogP contribution in [0.25, 0.3) is 0 Å². The van der Waals surface area contributed by atoms with Crippen LogP contribution in [0.2, 0.25) is 0 Å². The molecule has 1 aliphatic rings. The summed E-state index contributed by atoms with van der Waals surface area (Å²) in [6.07, 6.45) is -9.61. The number of hydrogen-bond donors (Lipinski definition) is 1. The molecule has 1 aromatic rings. The zero-order valence-corrected chi connectivity index (χ0v) is 14.5. The van der Waals surface area contributed by atoms with Gasteiger partial charge >= 0.3 is 12.4 Å². The van der Waals surface area contributed by atoms with Gasteiger partial charge < -0.3 is 10.2 Å². The van der Waals surface area contributed by atoms with E-state index in [4.69, 9.17) is 0 Å². The van der Waals surface area contributed by atoms with E-state index in [0.717, 1.165) is 18.2 Å². The number of halogens is 7. The Bertz CT molecular complexity index is 689. The topological polar surface area (TPSA) is 49.4 Å². The Balaban J connectivity index is 2.09. The molecule has 138 valence electrons. The van der Waals surface area contributed by atoms with Crippen LogP contribution in [0.15, 0.2) is 18.2 Å². The van der Waals surface area contributed by atoms with Gasteiger partial charge in [-0.05, 0) is 40.8 Å². The van der Waals surface area contributed by atoms with Crippen LogP contribution in [0.1, 0.15) is 12.0 Å². The van der Waals surface area contributed by atoms with E-state index in [0.29, 0.717) is 8.47 Å². The summed E-state index contributed by atoms with van der Waals surface area (Å²) < 4.78 is 75.6. The second-order valence-electron chi connectivity index (χ2n) is 5.47. The zero-order chi connectivity index (χ0) is 19.0. The fourth-order valence-electron chi connectivity index (χ4n) is 2.35. The smallest absolute Gasteiger partial charge is 0.333 e. The highest BCUT2D eigenvalue weighted by Crippen LogP contribution is 2.33. The molecule has 1 unspecified atom stereocenters. The molecule has 1 atom stereocenters. The molecule has 0 aromatic heterocycles. The van der Waals surface area contributed by atoms with Crippen LogP contribution in [0.5, 0.6) is 0 Å². The van der Waals surface area contributed by atoms with Gasteiger partial charge in [0.1, 0.15) is 6.54 Å². The number of carbonyl (C=O) groups is 2. The Hall–Kier alpha value is -1.53. The maximum absolute atomic E-state index is 12.7. The lowest BCUT2D eigenvalue weighted by Crippen LogP contribution is -2.36. The Morgan fingerprint density at radius 1 is 1.24 bits per heavy atom. The molecule has 0 saturated carbocycles. The van der Waals surface area contributed by atoms with Gasteiger partial charge in [-0.3, -0.25) is 9.59 Å². The highest BCUT2D eigenvalue weighted by atomic mass is 127. The highest BCUT2D eigenvalue weighted by molar-refractivity contribution is 14.1. The third kappa shape index (κ3) is 5.22. The Morgan fingerprint density at radius 3 is 2.44 bits per heavy atom. The van der Waals surface area contributed by atoms with Gasteiger partial charge in [0, 0.05) is 16.5 Å². The molecule has 1 heterocycles. The number of carbonyl (C=O) groups excluding carboxylic acids is 2. The van der Waals surface area contributed by atoms with Gasteiger partial charge in [0.15, 0.2) is 0 Å². The number of nitrogens with one attached hydrogen (secondary N) is 1. The van der Waals surface area contributed by atoms with Crippen molar-refractivity contribution < 1.29 is 35.9 Å². The molecule has 4 nitrogen and oxygen atoms in total. The number of anilines is 1. The van der Waals surface area contributed by atoms with Crippen molar-refractivity contribution >= 4 is 40.1 Å². The van der Waals surface area contributed by atoms with Gasteiger partial charge in [-0.1, -0.05) is 0 Å². The van der Waals surface area contributed by atoms with Gasteiger partial charge in [-0.25, -0.2) is 0 Å². The fraction of sp³-hybridized carbons (Fsp3) is 0.429. The molecule has 1 saturated heterocycles. The van der Waals surface area contributed by atoms with Gasteiger partial charge in [0.25, 0.3) is 0 Å². The van der Waals surface area contributed by atoms with Crippen LogP contribution in [0.3, 0.4) is 0 Å². The standard InChI is InChI=1S/C14H11F6IN2O2/c15-13(16,17)6-23-5-7(3-11(23)24)12(25)22-10-4-8(14(18,19)20)1-2-9(10)21/h1-2,4,7H,3,5-6H2,(H,22,25). The predicted octanol–water partition coefficient (Wildman–Crippen LogP) is 3.66. The Labute approximate surface area is 151 Å². The molecule has 0 radical (unpaired) electrons. The minimum Gasteiger partial charge on any atom is -0.333 e. The molecule has 2 rings (SSSR count). The monoisotopic (exact) mass is 480 g/mol. The summed E-state index contributed by atoms with van der Waals surface area (Å²) in [7, 11) is 0. The van der Waals surface area contributed by atoms with E-state index in [2.05, 4.69) is 5.32 Å². The number of amides is 2. The van der Waals surface area contributed by atoms with E-state index in [-0.39, 0.29) is 5.69 Å². The third-order valence-electron chi connectivity index (χ3n) is 3.51. The lowest BCUT2D eigenvalue weighted by molar-refractivity contribution is -0.157. The molecule has 0 bridgehead atoms. The van der Waals surface area contributed by atoms with Crippen molar-refractivity contribution in [1.82, 2.24) is 4.90 Å². The average Bonchev–Trinajstić information content (AvgIpc) is 2.79. The number of nitrogens with zero attached hydrogens (tertiary/aromatic N) is 1. The summed E-state index contributed by atoms with van der Waals surface area (Å²) in [5, 5.41) is 2.26. The van der Waals surface area contributed by atoms with Crippen LogP contribution in [0.4, 0.5) is 32.0 Å². The number of rotatable bonds is 3. The molecule has 0 spiro atoms. The second kappa shape index (κ2) is 7.00. The lowest BCUT2D eigenvalue weighted by Gasteiger charge is -2.18. The van der Waals surface area contributed by atoms with Crippen molar-refractivity contribution in [3.63, 3.8) is 0 Å². The summed E-state index contributed by atoms with van der Waals surface area (Å²) in [6.45, 7) is -1.89. The van der Waals surface area contributed by atoms with E-state index in [1.807, 2.05) is 0 Å². The SMILES string of the molecule is O=C(Nc1cc(C(F)(F)F)ccc1I)C1CC(=O)N(CC(F)(F)F)C1. The first-order valence-corrected chi connectivity index (χ1v) is 7.97. The van der Waals surface area contributed by atoms with Crippen molar-refractivity contribution in [3.05, 3.63) is 27.3 Å². The number of likely N-dealkylation sites (tertiary alicyclic amines) is 1. The minimum absolute atomic E-state index is 0.109. The zero-order valence-electron chi connectivity index (χ0n) is 12.3. The normalized spacial score (nSPS) is 18.6. The fourth-order valence-corrected chi connectivity index (χ4v) is 2.82. The van der Waals surface area contributed by atoms with E-state index in [9.17, 15) is 35.9 Å². The minimum atomic E-state index is -4.60. The Morgan fingerprint density at radius 2 is 1.88 bits per heavy atom. The molecule has 25 heavy (non-hydrogen) atoms. The lowest BCUT2D eigenvalue weighted by atomic mass is 10.1. The molecular formula is C14H11F6IN2O2. The summed E-state index contributed by atoms with van der Waals surface area (Å²) in [4.78, 5) is 24.2. The highest BCUT2D eigenvalue weighted by Gasteiger charge is 2.40. The quantitative estimate of drug-likeness (QED) is 0.531. The van der Waals surface area contributed by atoms with Crippen LogP contribution in [0, 0.1) is 9.49 Å². The summed E-state index contributed by atoms with van der Waals surface area (Å²) in [5.41, 5.74) is -1.08. The van der Waals surface area contributed by atoms with Crippen LogP contribution < -0.4 is 5.32 Å². The number of alkyl halides is 6. The number of hydrogen-bond acceptors (Lipinski definition) is 2. The molecule has 1 N–H and O–H groups in total. The summed E-state index contributed by atoms with van der Waals surface area (Å²) in [5.74, 6) is -2.67. The first-order valence-electron chi connectivity index (χ1n) is 6.89. The van der Waals surface area contributed by atoms with Crippen molar-refractivity contribution in [2.75, 3.05) is 18.4 Å². The Kier molecular flexibility index (Phi) is 5.54. The molecule has 1 aromatic carbocycles. The van der Waals surface area contributed by atoms with Crippen LogP contribution in [-0.2, 0) is 15.8 Å². The van der Waals surface area contributed by atoms with E-state index in [1.165, 1.54) is 0 Å². The van der Waals surface area contributed by atoms with Crippen molar-refractivity contribution in [2.45, 2.75) is 18.8 Å². The maximum atomic E-state index is 12.7. The van der Waals surface area contributed by atoms with Crippen molar-refractivity contribution in [2.24, 2.45) is 5.92 Å². The largest absolute Gasteiger partial charge is 0.416 e. The first-order chi connectivity index (χ1) is 11.4. The summed E-state index contributed by atoms with van der Waals surface area (Å²) >= 11 is 1.72. The van der Waals surface area contributed by atoms with Crippen molar-refractivity contribution in [1.29, 1.82) is 0 Å². The van der Waals surface area contributed by atoms with Crippen LogP contribution >= 0.6 is 22.6 Å². The summed E-state index contributed by atoms with van der Waals surface area (Å²) in [6, 6.07) is 2.75. The molecule has 0 aliphatic carbocycles. The predicted molar refractivity (Wildman–Crippen MR) is 83.5 cm³/mol. The average molecular weight is 480 g/mol. The van der Waals surface area contributed by atoms with Crippen LogP contribution in [-0.4, -0.2) is 36.0 Å². The van der Waals surface area contributed by atoms with Crippen molar-refractivity contribution in [3.8, 4) is 0 Å². The van der Waals surface area contributed by atoms with Gasteiger partial charge in [0.05, 0.1) is 17.2 Å². The molecule has 2 amide bonds.